The molecule has 3 rings (SSSR count). The molecule has 1 aliphatic heterocycles. The topological polar surface area (TPSA) is 29.9 Å². The van der Waals surface area contributed by atoms with Gasteiger partial charge in [-0.2, -0.15) is 5.10 Å². The smallest absolute Gasteiger partial charge is 0.124 e. The molecular weight excluding hydrogens is 282 g/mol. The lowest BCUT2D eigenvalue weighted by molar-refractivity contribution is 0.549. The number of benzene rings is 1. The first-order chi connectivity index (χ1) is 10.3. The van der Waals surface area contributed by atoms with Gasteiger partial charge in [0.25, 0.3) is 0 Å². The van der Waals surface area contributed by atoms with Crippen LogP contribution in [0.5, 0.6) is 0 Å². The van der Waals surface area contributed by atoms with Crippen LogP contribution in [0.3, 0.4) is 0 Å². The molecule has 0 saturated heterocycles. The van der Waals surface area contributed by atoms with Gasteiger partial charge in [-0.05, 0) is 24.5 Å². The number of aromatic nitrogens is 2. The van der Waals surface area contributed by atoms with Gasteiger partial charge in [-0.25, -0.2) is 4.68 Å². The molecule has 1 aliphatic rings. The van der Waals surface area contributed by atoms with Crippen molar-refractivity contribution in [2.24, 2.45) is 0 Å². The summed E-state index contributed by atoms with van der Waals surface area (Å²) < 4.78 is 2.09. The summed E-state index contributed by atoms with van der Waals surface area (Å²) >= 11 is 6.42. The summed E-state index contributed by atoms with van der Waals surface area (Å²) in [5.74, 6) is 1.43. The molecule has 2 heterocycles. The van der Waals surface area contributed by atoms with Crippen LogP contribution >= 0.6 is 11.6 Å². The average Bonchev–Trinajstić information content (AvgIpc) is 2.93. The van der Waals surface area contributed by atoms with Crippen molar-refractivity contribution in [3.8, 4) is 0 Å². The van der Waals surface area contributed by atoms with Gasteiger partial charge < -0.3 is 5.32 Å². The minimum Gasteiger partial charge on any atom is -0.370 e. The lowest BCUT2D eigenvalue weighted by Gasteiger charge is -2.16. The van der Waals surface area contributed by atoms with Crippen LogP contribution < -0.4 is 5.32 Å². The number of halogens is 1. The van der Waals surface area contributed by atoms with Gasteiger partial charge >= 0.3 is 0 Å². The Morgan fingerprint density at radius 2 is 2.24 bits per heavy atom. The van der Waals surface area contributed by atoms with E-state index in [4.69, 9.17) is 16.7 Å². The maximum Gasteiger partial charge on any atom is 0.124 e. The zero-order valence-electron chi connectivity index (χ0n) is 12.5. The second-order valence-corrected chi connectivity index (χ2v) is 6.08. The molecule has 0 bridgehead atoms. The number of nitrogens with zero attached hydrogens (tertiary/aromatic N) is 2. The molecule has 112 valence electrons. The third-order valence-electron chi connectivity index (χ3n) is 4.14. The molecular formula is C17H22ClN3. The SMILES string of the molecule is CCCCC(c1cc2n(n1)CCCN2)c1ccccc1Cl. The molecule has 0 radical (unpaired) electrons. The average molecular weight is 304 g/mol. The predicted octanol–water partition coefficient (Wildman–Crippen LogP) is 4.67. The van der Waals surface area contributed by atoms with E-state index in [1.807, 2.05) is 12.1 Å². The molecule has 0 saturated carbocycles. The molecule has 1 N–H and O–H groups in total. The lowest BCUT2D eigenvalue weighted by atomic mass is 9.90. The van der Waals surface area contributed by atoms with Gasteiger partial charge in [0.2, 0.25) is 0 Å². The first kappa shape index (κ1) is 14.5. The van der Waals surface area contributed by atoms with Crippen molar-refractivity contribution in [2.45, 2.75) is 45.1 Å². The Morgan fingerprint density at radius 3 is 3.00 bits per heavy atom. The zero-order chi connectivity index (χ0) is 14.7. The normalized spacial score (nSPS) is 15.3. The molecule has 0 amide bonds. The molecule has 2 aromatic rings. The number of hydrogen-bond acceptors (Lipinski definition) is 2. The molecule has 3 nitrogen and oxygen atoms in total. The number of nitrogens with one attached hydrogen (secondary N) is 1. The van der Waals surface area contributed by atoms with Crippen LogP contribution in [0.15, 0.2) is 30.3 Å². The zero-order valence-corrected chi connectivity index (χ0v) is 13.2. The fraction of sp³-hybridized carbons (Fsp3) is 0.471. The molecule has 1 aromatic heterocycles. The Hall–Kier alpha value is -1.48. The Morgan fingerprint density at radius 1 is 1.38 bits per heavy atom. The summed E-state index contributed by atoms with van der Waals surface area (Å²) in [4.78, 5) is 0. The first-order valence-electron chi connectivity index (χ1n) is 7.85. The van der Waals surface area contributed by atoms with Gasteiger partial charge in [-0.3, -0.25) is 0 Å². The van der Waals surface area contributed by atoms with Crippen LogP contribution in [-0.2, 0) is 6.54 Å². The number of rotatable bonds is 5. The maximum atomic E-state index is 6.42. The fourth-order valence-electron chi connectivity index (χ4n) is 2.99. The molecule has 1 aromatic carbocycles. The van der Waals surface area contributed by atoms with Crippen molar-refractivity contribution in [3.05, 3.63) is 46.6 Å². The predicted molar refractivity (Wildman–Crippen MR) is 88.2 cm³/mol. The molecule has 21 heavy (non-hydrogen) atoms. The van der Waals surface area contributed by atoms with E-state index in [1.54, 1.807) is 0 Å². The minimum atomic E-state index is 0.290. The second kappa shape index (κ2) is 6.52. The summed E-state index contributed by atoms with van der Waals surface area (Å²) in [5.41, 5.74) is 2.34. The first-order valence-corrected chi connectivity index (χ1v) is 8.23. The number of anilines is 1. The molecule has 1 atom stereocenters. The van der Waals surface area contributed by atoms with E-state index in [9.17, 15) is 0 Å². The van der Waals surface area contributed by atoms with Gasteiger partial charge in [0, 0.05) is 30.1 Å². The molecule has 1 unspecified atom stereocenters. The van der Waals surface area contributed by atoms with Crippen molar-refractivity contribution < 1.29 is 0 Å². The lowest BCUT2D eigenvalue weighted by Crippen LogP contribution is -2.17. The third-order valence-corrected chi connectivity index (χ3v) is 4.48. The van der Waals surface area contributed by atoms with Gasteiger partial charge in [-0.15, -0.1) is 0 Å². The van der Waals surface area contributed by atoms with Gasteiger partial charge in [-0.1, -0.05) is 49.6 Å². The Kier molecular flexibility index (Phi) is 4.49. The monoisotopic (exact) mass is 303 g/mol. The van der Waals surface area contributed by atoms with Gasteiger partial charge in [0.15, 0.2) is 0 Å². The van der Waals surface area contributed by atoms with Gasteiger partial charge in [0.05, 0.1) is 5.69 Å². The molecule has 0 aliphatic carbocycles. The summed E-state index contributed by atoms with van der Waals surface area (Å²) in [6, 6.07) is 10.4. The summed E-state index contributed by atoms with van der Waals surface area (Å²) in [7, 11) is 0. The number of hydrogen-bond donors (Lipinski definition) is 1. The number of aryl methyl sites for hydroxylation is 1. The van der Waals surface area contributed by atoms with Crippen LogP contribution in [0.4, 0.5) is 5.82 Å². The Labute approximate surface area is 131 Å². The molecule has 0 fully saturated rings. The van der Waals surface area contributed by atoms with Crippen molar-refractivity contribution >= 4 is 17.4 Å². The largest absolute Gasteiger partial charge is 0.370 e. The fourth-order valence-corrected chi connectivity index (χ4v) is 3.26. The van der Waals surface area contributed by atoms with Crippen molar-refractivity contribution in [2.75, 3.05) is 11.9 Å². The van der Waals surface area contributed by atoms with Crippen molar-refractivity contribution in [1.29, 1.82) is 0 Å². The maximum absolute atomic E-state index is 6.42. The van der Waals surface area contributed by atoms with E-state index in [1.165, 1.54) is 18.4 Å². The highest BCUT2D eigenvalue weighted by Crippen LogP contribution is 2.35. The second-order valence-electron chi connectivity index (χ2n) is 5.67. The van der Waals surface area contributed by atoms with Crippen molar-refractivity contribution in [3.63, 3.8) is 0 Å². The molecule has 0 spiro atoms. The van der Waals surface area contributed by atoms with Crippen LogP contribution in [0.25, 0.3) is 0 Å². The number of fused-ring (bicyclic) bond motifs is 1. The standard InChI is InChI=1S/C17H22ClN3/c1-2-3-7-14(13-8-4-5-9-15(13)18)16-12-17-19-10-6-11-21(17)20-16/h4-5,8-9,12,14,19H,2-3,6-7,10-11H2,1H3. The highest BCUT2D eigenvalue weighted by molar-refractivity contribution is 6.31. The third kappa shape index (κ3) is 3.08. The van der Waals surface area contributed by atoms with E-state index in [-0.39, 0.29) is 0 Å². The Bertz CT molecular complexity index is 582. The van der Waals surface area contributed by atoms with E-state index in [2.05, 4.69) is 35.1 Å². The highest BCUT2D eigenvalue weighted by atomic mass is 35.5. The highest BCUT2D eigenvalue weighted by Gasteiger charge is 2.22. The van der Waals surface area contributed by atoms with Crippen LogP contribution in [0, 0.1) is 0 Å². The quantitative estimate of drug-likeness (QED) is 0.869. The molecule has 4 heteroatoms. The summed E-state index contributed by atoms with van der Waals surface area (Å²) in [6.45, 7) is 4.27. The van der Waals surface area contributed by atoms with Crippen LogP contribution in [-0.4, -0.2) is 16.3 Å². The Balaban J connectivity index is 1.95. The van der Waals surface area contributed by atoms with Gasteiger partial charge in [0.1, 0.15) is 5.82 Å². The van der Waals surface area contributed by atoms with Crippen LogP contribution in [0.1, 0.15) is 49.8 Å². The van der Waals surface area contributed by atoms with E-state index < -0.39 is 0 Å². The number of unbranched alkanes of at least 4 members (excludes halogenated alkanes) is 1. The van der Waals surface area contributed by atoms with Crippen molar-refractivity contribution in [1.82, 2.24) is 9.78 Å². The van der Waals surface area contributed by atoms with E-state index in [0.717, 1.165) is 42.5 Å². The summed E-state index contributed by atoms with van der Waals surface area (Å²) in [6.07, 6.45) is 4.61. The summed E-state index contributed by atoms with van der Waals surface area (Å²) in [5, 5.41) is 9.09. The van der Waals surface area contributed by atoms with E-state index >= 15 is 0 Å². The van der Waals surface area contributed by atoms with E-state index in [0.29, 0.717) is 5.92 Å². The van der Waals surface area contributed by atoms with Crippen LogP contribution in [0.2, 0.25) is 5.02 Å². The minimum absolute atomic E-state index is 0.290.